The van der Waals surface area contributed by atoms with E-state index < -0.39 is 0 Å². The topological polar surface area (TPSA) is 82.3 Å². The third-order valence-electron chi connectivity index (χ3n) is 9.49. The maximum atomic E-state index is 5.25. The van der Waals surface area contributed by atoms with E-state index >= 15 is 0 Å². The van der Waals surface area contributed by atoms with Crippen molar-refractivity contribution < 1.29 is 0 Å². The Morgan fingerprint density at radius 3 is 1.23 bits per heavy atom. The Morgan fingerprint density at radius 2 is 0.717 bits per heavy atom. The molecule has 3 aromatic heterocycles. The molecule has 3 heterocycles. The van der Waals surface area contributed by atoms with E-state index in [-0.39, 0.29) is 0 Å². The van der Waals surface area contributed by atoms with Gasteiger partial charge in [-0.25, -0.2) is 19.9 Å². The Kier molecular flexibility index (Phi) is 7.32. The second-order valence-electron chi connectivity index (χ2n) is 12.8. The highest BCUT2D eigenvalue weighted by molar-refractivity contribution is 6.20. The Balaban J connectivity index is 1.35. The minimum absolute atomic E-state index is 0.501. The summed E-state index contributed by atoms with van der Waals surface area (Å²) in [5.41, 5.74) is 6.34. The lowest BCUT2D eigenvalue weighted by Crippen LogP contribution is -2.08. The van der Waals surface area contributed by atoms with Gasteiger partial charge in [0.15, 0.2) is 29.1 Å². The van der Waals surface area contributed by atoms with Gasteiger partial charge in [-0.3, -0.25) is 4.57 Å². The first-order valence-corrected chi connectivity index (χ1v) is 17.5. The Bertz CT molecular complexity index is 2810. The standard InChI is InChI=1S/C46H29N7/c1-5-17-30(18-6-1)41-47-42(31-19-7-2-8-20-31)50-45(49-41)39-35-26-14-13-25-34(35)29-37-36-27-15-16-28-38(36)53(40(37)39)46-51-43(32-21-9-3-10-22-32)48-44(52-46)33-23-11-4-12-24-33/h1-29H. The summed E-state index contributed by atoms with van der Waals surface area (Å²) in [4.78, 5) is 30.9. The molecule has 0 aliphatic rings. The van der Waals surface area contributed by atoms with Gasteiger partial charge in [0.1, 0.15) is 0 Å². The molecule has 0 amide bonds. The molecular weight excluding hydrogens is 651 g/mol. The van der Waals surface area contributed by atoms with E-state index in [1.807, 2.05) is 121 Å². The number of hydrogen-bond donors (Lipinski definition) is 0. The smallest absolute Gasteiger partial charge is 0.238 e. The van der Waals surface area contributed by atoms with E-state index in [2.05, 4.69) is 59.2 Å². The van der Waals surface area contributed by atoms with Gasteiger partial charge in [0, 0.05) is 33.0 Å². The molecule has 53 heavy (non-hydrogen) atoms. The summed E-state index contributed by atoms with van der Waals surface area (Å²) in [6.45, 7) is 0. The average Bonchev–Trinajstić information content (AvgIpc) is 3.57. The molecule has 0 spiro atoms. The molecular formula is C46H29N7. The summed E-state index contributed by atoms with van der Waals surface area (Å²) < 4.78 is 2.15. The average molecular weight is 680 g/mol. The summed E-state index contributed by atoms with van der Waals surface area (Å²) in [6.07, 6.45) is 0. The van der Waals surface area contributed by atoms with E-state index in [0.717, 1.165) is 60.4 Å². The maximum absolute atomic E-state index is 5.25. The second kappa shape index (κ2) is 12.7. The summed E-state index contributed by atoms with van der Waals surface area (Å²) >= 11 is 0. The van der Waals surface area contributed by atoms with Crippen LogP contribution < -0.4 is 0 Å². The van der Waals surface area contributed by atoms with Gasteiger partial charge in [0.25, 0.3) is 0 Å². The molecule has 10 rings (SSSR count). The van der Waals surface area contributed by atoms with Crippen molar-refractivity contribution in [3.05, 3.63) is 176 Å². The number of rotatable bonds is 6. The zero-order chi connectivity index (χ0) is 35.1. The fourth-order valence-corrected chi connectivity index (χ4v) is 7.04. The first-order chi connectivity index (χ1) is 26.3. The predicted octanol–water partition coefficient (Wildman–Crippen LogP) is 10.6. The number of hydrogen-bond acceptors (Lipinski definition) is 6. The van der Waals surface area contributed by atoms with Crippen LogP contribution in [0.2, 0.25) is 0 Å². The third kappa shape index (κ3) is 5.39. The molecule has 0 aliphatic heterocycles. The van der Waals surface area contributed by atoms with Crippen LogP contribution in [0.15, 0.2) is 176 Å². The highest BCUT2D eigenvalue weighted by Gasteiger charge is 2.24. The van der Waals surface area contributed by atoms with Crippen LogP contribution in [-0.2, 0) is 0 Å². The fourth-order valence-electron chi connectivity index (χ4n) is 7.04. The van der Waals surface area contributed by atoms with Gasteiger partial charge < -0.3 is 0 Å². The van der Waals surface area contributed by atoms with Crippen molar-refractivity contribution in [3.63, 3.8) is 0 Å². The number of nitrogens with zero attached hydrogens (tertiary/aromatic N) is 7. The molecule has 7 aromatic carbocycles. The van der Waals surface area contributed by atoms with E-state index in [9.17, 15) is 0 Å². The zero-order valence-electron chi connectivity index (χ0n) is 28.4. The van der Waals surface area contributed by atoms with Crippen molar-refractivity contribution in [2.45, 2.75) is 0 Å². The zero-order valence-corrected chi connectivity index (χ0v) is 28.4. The third-order valence-corrected chi connectivity index (χ3v) is 9.49. The predicted molar refractivity (Wildman–Crippen MR) is 212 cm³/mol. The lowest BCUT2D eigenvalue weighted by atomic mass is 9.99. The molecule has 0 atom stereocenters. The van der Waals surface area contributed by atoms with Crippen molar-refractivity contribution in [3.8, 4) is 62.9 Å². The second-order valence-corrected chi connectivity index (χ2v) is 12.8. The normalized spacial score (nSPS) is 11.4. The van der Waals surface area contributed by atoms with Crippen LogP contribution in [-0.4, -0.2) is 34.5 Å². The molecule has 0 saturated heterocycles. The molecule has 7 nitrogen and oxygen atoms in total. The van der Waals surface area contributed by atoms with Crippen LogP contribution in [0, 0.1) is 0 Å². The lowest BCUT2D eigenvalue weighted by Gasteiger charge is -2.15. The highest BCUT2D eigenvalue weighted by Crippen LogP contribution is 2.42. The Labute approximate surface area is 305 Å². The van der Waals surface area contributed by atoms with Gasteiger partial charge >= 0.3 is 0 Å². The Morgan fingerprint density at radius 1 is 0.321 bits per heavy atom. The van der Waals surface area contributed by atoms with Crippen molar-refractivity contribution >= 4 is 32.6 Å². The van der Waals surface area contributed by atoms with Crippen LogP contribution in [0.1, 0.15) is 0 Å². The van der Waals surface area contributed by atoms with E-state index in [4.69, 9.17) is 29.9 Å². The van der Waals surface area contributed by atoms with Crippen molar-refractivity contribution in [1.82, 2.24) is 34.5 Å². The Hall–Kier alpha value is -7.38. The largest absolute Gasteiger partial charge is 0.277 e. The first-order valence-electron chi connectivity index (χ1n) is 17.5. The minimum atomic E-state index is 0.501. The van der Waals surface area contributed by atoms with Crippen molar-refractivity contribution in [1.29, 1.82) is 0 Å². The van der Waals surface area contributed by atoms with Gasteiger partial charge in [-0.05, 0) is 22.9 Å². The molecule has 0 unspecified atom stereocenters. The van der Waals surface area contributed by atoms with E-state index in [1.54, 1.807) is 0 Å². The van der Waals surface area contributed by atoms with Gasteiger partial charge in [-0.15, -0.1) is 0 Å². The fraction of sp³-hybridized carbons (Fsp3) is 0. The molecule has 7 heteroatoms. The summed E-state index contributed by atoms with van der Waals surface area (Å²) in [7, 11) is 0. The quantitative estimate of drug-likeness (QED) is 0.174. The number of aromatic nitrogens is 7. The molecule has 0 bridgehead atoms. The summed E-state index contributed by atoms with van der Waals surface area (Å²) in [5, 5.41) is 4.19. The van der Waals surface area contributed by atoms with Crippen molar-refractivity contribution in [2.24, 2.45) is 0 Å². The molecule has 0 N–H and O–H groups in total. The molecule has 0 radical (unpaired) electrons. The number of para-hydroxylation sites is 1. The minimum Gasteiger partial charge on any atom is -0.277 e. The van der Waals surface area contributed by atoms with E-state index in [0.29, 0.717) is 35.1 Å². The van der Waals surface area contributed by atoms with Crippen LogP contribution in [0.4, 0.5) is 0 Å². The molecule has 0 aliphatic carbocycles. The maximum Gasteiger partial charge on any atom is 0.238 e. The molecule has 0 saturated carbocycles. The highest BCUT2D eigenvalue weighted by atomic mass is 15.2. The van der Waals surface area contributed by atoms with Crippen LogP contribution in [0.5, 0.6) is 0 Å². The van der Waals surface area contributed by atoms with Gasteiger partial charge in [0.05, 0.1) is 16.6 Å². The SMILES string of the molecule is c1ccc(-c2nc(-c3ccccc3)nc(-c3c4ccccc4cc4c5ccccc5n(-c5nc(-c6ccccc6)nc(-c6ccccc6)n5)c34)n2)cc1. The monoisotopic (exact) mass is 679 g/mol. The number of benzene rings is 7. The van der Waals surface area contributed by atoms with Crippen LogP contribution in [0.3, 0.4) is 0 Å². The van der Waals surface area contributed by atoms with Crippen LogP contribution >= 0.6 is 0 Å². The first kappa shape index (κ1) is 30.4. The van der Waals surface area contributed by atoms with Gasteiger partial charge in [-0.2, -0.15) is 9.97 Å². The van der Waals surface area contributed by atoms with E-state index in [1.165, 1.54) is 0 Å². The van der Waals surface area contributed by atoms with Gasteiger partial charge in [-0.1, -0.05) is 164 Å². The molecule has 248 valence electrons. The summed E-state index contributed by atoms with van der Waals surface area (Å²) in [5.74, 6) is 3.42. The molecule has 10 aromatic rings. The van der Waals surface area contributed by atoms with Crippen LogP contribution in [0.25, 0.3) is 95.5 Å². The summed E-state index contributed by atoms with van der Waals surface area (Å²) in [6, 6.07) is 59.3. The number of fused-ring (bicyclic) bond motifs is 4. The lowest BCUT2D eigenvalue weighted by molar-refractivity contribution is 0.953. The van der Waals surface area contributed by atoms with Gasteiger partial charge in [0.2, 0.25) is 5.95 Å². The molecule has 0 fully saturated rings. The van der Waals surface area contributed by atoms with Crippen molar-refractivity contribution in [2.75, 3.05) is 0 Å².